The van der Waals surface area contributed by atoms with Crippen LogP contribution in [-0.4, -0.2) is 47.3 Å². The number of nitrogens with one attached hydrogen (secondary N) is 1. The summed E-state index contributed by atoms with van der Waals surface area (Å²) in [6.45, 7) is 1.27. The van der Waals surface area contributed by atoms with Gasteiger partial charge in [0.15, 0.2) is 11.5 Å². The number of carbonyl (C=O) groups excluding carboxylic acids is 1. The Balaban J connectivity index is 1.25. The fraction of sp³-hybridized carbons (Fsp3) is 0.500. The van der Waals surface area contributed by atoms with E-state index < -0.39 is 0 Å². The molecule has 26 heavy (non-hydrogen) atoms. The maximum atomic E-state index is 12.4. The van der Waals surface area contributed by atoms with Gasteiger partial charge < -0.3 is 14.4 Å². The second-order valence-corrected chi connectivity index (χ2v) is 7.02. The van der Waals surface area contributed by atoms with Crippen molar-refractivity contribution in [3.63, 3.8) is 0 Å². The van der Waals surface area contributed by atoms with Crippen LogP contribution in [0.2, 0.25) is 0 Å². The van der Waals surface area contributed by atoms with Crippen LogP contribution in [0.1, 0.15) is 36.2 Å². The first kappa shape index (κ1) is 16.9. The Morgan fingerprint density at radius 1 is 1.23 bits per heavy atom. The number of H-pyrrole nitrogens is 1. The van der Waals surface area contributed by atoms with Gasteiger partial charge in [0.25, 0.3) is 0 Å². The fourth-order valence-corrected chi connectivity index (χ4v) is 3.75. The van der Waals surface area contributed by atoms with Crippen molar-refractivity contribution in [3.05, 3.63) is 41.2 Å². The van der Waals surface area contributed by atoms with E-state index in [1.165, 1.54) is 24.1 Å². The third-order valence-corrected chi connectivity index (χ3v) is 5.28. The molecule has 2 aromatic rings. The lowest BCUT2D eigenvalue weighted by molar-refractivity contribution is -0.140. The molecule has 1 aromatic carbocycles. The Labute approximate surface area is 153 Å². The van der Waals surface area contributed by atoms with Gasteiger partial charge in [-0.05, 0) is 43.4 Å². The Morgan fingerprint density at radius 3 is 2.81 bits per heavy atom. The lowest BCUT2D eigenvalue weighted by Crippen LogP contribution is -2.56. The second-order valence-electron chi connectivity index (χ2n) is 7.02. The van der Waals surface area contributed by atoms with Gasteiger partial charge in [0, 0.05) is 18.5 Å². The number of benzene rings is 1. The zero-order valence-corrected chi connectivity index (χ0v) is 15.2. The summed E-state index contributed by atoms with van der Waals surface area (Å²) in [6, 6.07) is 7.60. The first-order valence-electron chi connectivity index (χ1n) is 9.37. The average Bonchev–Trinajstić information content (AvgIpc) is 3.06. The van der Waals surface area contributed by atoms with Crippen LogP contribution in [0, 0.1) is 0 Å². The van der Waals surface area contributed by atoms with E-state index in [0.29, 0.717) is 19.5 Å². The van der Waals surface area contributed by atoms with E-state index in [2.05, 4.69) is 10.2 Å². The Hall–Kier alpha value is -2.50. The van der Waals surface area contributed by atoms with Gasteiger partial charge in [-0.25, -0.2) is 0 Å². The molecule has 6 nitrogen and oxygen atoms in total. The number of ether oxygens (including phenoxy) is 2. The molecular weight excluding hydrogens is 330 g/mol. The molecular formula is C20H25N3O3. The van der Waals surface area contributed by atoms with Gasteiger partial charge in [-0.1, -0.05) is 12.1 Å². The summed E-state index contributed by atoms with van der Waals surface area (Å²) in [5.41, 5.74) is 3.70. The van der Waals surface area contributed by atoms with E-state index >= 15 is 0 Å². The number of fused-ring (bicyclic) bond motifs is 1. The van der Waals surface area contributed by atoms with Gasteiger partial charge in [-0.3, -0.25) is 9.89 Å². The molecule has 0 spiro atoms. The number of aromatic amines is 1. The predicted octanol–water partition coefficient (Wildman–Crippen LogP) is 2.52. The number of methoxy groups -OCH3 is 1. The molecule has 4 rings (SSSR count). The highest BCUT2D eigenvalue weighted by Gasteiger charge is 2.32. The smallest absolute Gasteiger partial charge is 0.223 e. The quantitative estimate of drug-likeness (QED) is 0.865. The summed E-state index contributed by atoms with van der Waals surface area (Å²) in [7, 11) is 1.63. The topological polar surface area (TPSA) is 67.5 Å². The SMILES string of the molecule is COc1ccccc1OC1CN(C(=O)CCc2n[nH]c3c2CCCC3)C1. The van der Waals surface area contributed by atoms with Crippen molar-refractivity contribution in [3.8, 4) is 11.5 Å². The highest BCUT2D eigenvalue weighted by Crippen LogP contribution is 2.29. The number of amides is 1. The summed E-state index contributed by atoms with van der Waals surface area (Å²) in [4.78, 5) is 14.3. The summed E-state index contributed by atoms with van der Waals surface area (Å²) in [5, 5.41) is 7.57. The van der Waals surface area contributed by atoms with Crippen molar-refractivity contribution >= 4 is 5.91 Å². The molecule has 1 N–H and O–H groups in total. The molecule has 2 heterocycles. The van der Waals surface area contributed by atoms with E-state index in [-0.39, 0.29) is 12.0 Å². The summed E-state index contributed by atoms with van der Waals surface area (Å²) < 4.78 is 11.2. The summed E-state index contributed by atoms with van der Waals surface area (Å²) >= 11 is 0. The van der Waals surface area contributed by atoms with Crippen LogP contribution in [0.4, 0.5) is 0 Å². The Morgan fingerprint density at radius 2 is 2.00 bits per heavy atom. The summed E-state index contributed by atoms with van der Waals surface area (Å²) in [6.07, 6.45) is 5.90. The third kappa shape index (κ3) is 3.41. The number of carbonyl (C=O) groups is 1. The fourth-order valence-electron chi connectivity index (χ4n) is 3.75. The van der Waals surface area contributed by atoms with E-state index in [1.54, 1.807) is 7.11 Å². The largest absolute Gasteiger partial charge is 0.493 e. The van der Waals surface area contributed by atoms with Crippen molar-refractivity contribution in [2.24, 2.45) is 0 Å². The van der Waals surface area contributed by atoms with Gasteiger partial charge >= 0.3 is 0 Å². The number of hydrogen-bond donors (Lipinski definition) is 1. The normalized spacial score (nSPS) is 16.7. The highest BCUT2D eigenvalue weighted by atomic mass is 16.5. The second kappa shape index (κ2) is 7.40. The van der Waals surface area contributed by atoms with Crippen LogP contribution in [0.15, 0.2) is 24.3 Å². The molecule has 138 valence electrons. The summed E-state index contributed by atoms with van der Waals surface area (Å²) in [5.74, 6) is 1.63. The van der Waals surface area contributed by atoms with E-state index in [4.69, 9.17) is 9.47 Å². The number of aromatic nitrogens is 2. The molecule has 1 aromatic heterocycles. The molecule has 0 bridgehead atoms. The molecule has 0 radical (unpaired) electrons. The molecule has 0 atom stereocenters. The maximum Gasteiger partial charge on any atom is 0.223 e. The lowest BCUT2D eigenvalue weighted by atomic mass is 9.94. The molecule has 0 unspecified atom stereocenters. The molecule has 1 fully saturated rings. The number of aryl methyl sites for hydroxylation is 2. The van der Waals surface area contributed by atoms with Gasteiger partial charge in [-0.2, -0.15) is 5.10 Å². The molecule has 1 aliphatic heterocycles. The average molecular weight is 355 g/mol. The zero-order valence-electron chi connectivity index (χ0n) is 15.2. The predicted molar refractivity (Wildman–Crippen MR) is 97.5 cm³/mol. The van der Waals surface area contributed by atoms with Crippen molar-refractivity contribution in [2.75, 3.05) is 20.2 Å². The first-order chi connectivity index (χ1) is 12.7. The van der Waals surface area contributed by atoms with Crippen LogP contribution < -0.4 is 9.47 Å². The van der Waals surface area contributed by atoms with Crippen molar-refractivity contribution in [1.29, 1.82) is 0 Å². The number of hydrogen-bond acceptors (Lipinski definition) is 4. The van der Waals surface area contributed by atoms with Gasteiger partial charge in [0.2, 0.25) is 5.91 Å². The van der Waals surface area contributed by atoms with Crippen LogP contribution in [0.5, 0.6) is 11.5 Å². The standard InChI is InChI=1S/C20H25N3O3/c1-25-18-8-4-5-9-19(18)26-14-12-23(13-14)20(24)11-10-17-15-6-2-3-7-16(15)21-22-17/h4-5,8-9,14H,2-3,6-7,10-13H2,1H3,(H,21,22). The van der Waals surface area contributed by atoms with Crippen LogP contribution in [0.25, 0.3) is 0 Å². The van der Waals surface area contributed by atoms with Crippen molar-refractivity contribution < 1.29 is 14.3 Å². The number of likely N-dealkylation sites (tertiary alicyclic amines) is 1. The molecule has 1 aliphatic carbocycles. The number of rotatable bonds is 6. The van der Waals surface area contributed by atoms with E-state index in [9.17, 15) is 4.79 Å². The van der Waals surface area contributed by atoms with Gasteiger partial charge in [0.05, 0.1) is 25.9 Å². The van der Waals surface area contributed by atoms with Crippen molar-refractivity contribution in [1.82, 2.24) is 15.1 Å². The third-order valence-electron chi connectivity index (χ3n) is 5.28. The van der Waals surface area contributed by atoms with Crippen molar-refractivity contribution in [2.45, 2.75) is 44.6 Å². The minimum Gasteiger partial charge on any atom is -0.493 e. The Bertz CT molecular complexity index is 780. The monoisotopic (exact) mass is 355 g/mol. The molecule has 6 heteroatoms. The Kier molecular flexibility index (Phi) is 4.82. The molecule has 1 saturated heterocycles. The lowest BCUT2D eigenvalue weighted by Gasteiger charge is -2.39. The van der Waals surface area contributed by atoms with Crippen LogP contribution in [0.3, 0.4) is 0 Å². The van der Waals surface area contributed by atoms with Gasteiger partial charge in [0.1, 0.15) is 6.10 Å². The van der Waals surface area contributed by atoms with E-state index in [0.717, 1.165) is 36.5 Å². The minimum atomic E-state index is 0.0355. The van der Waals surface area contributed by atoms with Crippen LogP contribution in [-0.2, 0) is 24.1 Å². The van der Waals surface area contributed by atoms with E-state index in [1.807, 2.05) is 29.2 Å². The highest BCUT2D eigenvalue weighted by molar-refractivity contribution is 5.77. The number of para-hydroxylation sites is 2. The minimum absolute atomic E-state index is 0.0355. The zero-order chi connectivity index (χ0) is 17.9. The first-order valence-corrected chi connectivity index (χ1v) is 9.37. The van der Waals surface area contributed by atoms with Gasteiger partial charge in [-0.15, -0.1) is 0 Å². The molecule has 0 saturated carbocycles. The number of nitrogens with zero attached hydrogens (tertiary/aromatic N) is 2. The molecule has 1 amide bonds. The molecule has 2 aliphatic rings. The van der Waals surface area contributed by atoms with Crippen LogP contribution >= 0.6 is 0 Å². The maximum absolute atomic E-state index is 12.4.